The van der Waals surface area contributed by atoms with Crippen molar-refractivity contribution in [2.24, 2.45) is 5.92 Å². The number of ether oxygens (including phenoxy) is 4. The molecule has 6 aromatic carbocycles. The number of nitrogens with zero attached hydrogens (tertiary/aromatic N) is 6. The van der Waals surface area contributed by atoms with E-state index in [1.165, 1.54) is 24.5 Å². The van der Waals surface area contributed by atoms with E-state index in [1.54, 1.807) is 78.9 Å². The molecular formula is C49H35ClF2N8O8S2. The molecule has 0 bridgehead atoms. The molecule has 2 aromatic heterocycles. The summed E-state index contributed by atoms with van der Waals surface area (Å²) < 4.78 is 107. The molecule has 0 saturated heterocycles. The van der Waals surface area contributed by atoms with Crippen molar-refractivity contribution in [1.82, 2.24) is 19.9 Å². The monoisotopic (exact) mass is 1000 g/mol. The van der Waals surface area contributed by atoms with Crippen molar-refractivity contribution < 1.29 is 44.6 Å². The topological polar surface area (TPSA) is 228 Å². The lowest BCUT2D eigenvalue weighted by Gasteiger charge is -2.13. The average Bonchev–Trinajstić information content (AvgIpc) is 4.06. The molecule has 8 aromatic rings. The van der Waals surface area contributed by atoms with Crippen molar-refractivity contribution in [2.75, 3.05) is 33.9 Å². The number of hydrogen-bond donors (Lipinski definition) is 2. The third-order valence-electron chi connectivity index (χ3n) is 10.6. The van der Waals surface area contributed by atoms with Crippen LogP contribution in [0, 0.1) is 40.2 Å². The normalized spacial score (nSPS) is 14.3. The molecule has 2 unspecified atom stereocenters. The summed E-state index contributed by atoms with van der Waals surface area (Å²) in [5.41, 5.74) is 4.99. The Morgan fingerprint density at radius 1 is 0.643 bits per heavy atom. The molecule has 352 valence electrons. The molecule has 1 aliphatic rings. The molecule has 0 aliphatic heterocycles. The maximum atomic E-state index is 15.5. The van der Waals surface area contributed by atoms with Crippen LogP contribution in [0.5, 0.6) is 34.5 Å². The second-order valence-electron chi connectivity index (χ2n) is 15.9. The minimum atomic E-state index is -3.96. The van der Waals surface area contributed by atoms with Gasteiger partial charge >= 0.3 is 0 Å². The zero-order valence-corrected chi connectivity index (χ0v) is 38.8. The van der Waals surface area contributed by atoms with Crippen LogP contribution >= 0.6 is 11.6 Å². The van der Waals surface area contributed by atoms with E-state index in [4.69, 9.17) is 30.5 Å². The maximum absolute atomic E-state index is 15.5. The van der Waals surface area contributed by atoms with Crippen molar-refractivity contribution in [2.45, 2.75) is 12.5 Å². The fourth-order valence-corrected chi connectivity index (χ4v) is 9.34. The Balaban J connectivity index is 0.785. The summed E-state index contributed by atoms with van der Waals surface area (Å²) in [5.74, 6) is -1.81. The SMILES string of the molecule is CS(=O)(=O)Nc1cnc2cc(-c3ccc(Oc4cc(F)c(OC5CC5CS(=O)(=O)Nc5cnc6cc(-c7ccc(Oc8cc(F)c(OCCCl)c(C#N)c8)cc7)ccc6n5)c(C#N)c4)cc3)ccc2n1. The number of anilines is 2. The Morgan fingerprint density at radius 2 is 1.13 bits per heavy atom. The zero-order valence-electron chi connectivity index (χ0n) is 36.4. The number of alkyl halides is 1. The fraction of sp³-hybridized carbons (Fsp3) is 0.143. The quantitative estimate of drug-likeness (QED) is 0.0810. The first kappa shape index (κ1) is 46.9. The van der Waals surface area contributed by atoms with Crippen molar-refractivity contribution in [1.29, 1.82) is 10.5 Å². The Bertz CT molecular complexity index is 3660. The number of nitrogens with one attached hydrogen (secondary N) is 2. The number of sulfonamides is 2. The van der Waals surface area contributed by atoms with Crippen LogP contribution in [-0.4, -0.2) is 67.4 Å². The number of hydrogen-bond acceptors (Lipinski definition) is 14. The van der Waals surface area contributed by atoms with Crippen LogP contribution in [-0.2, 0) is 20.0 Å². The van der Waals surface area contributed by atoms with Gasteiger partial charge in [0.25, 0.3) is 0 Å². The lowest BCUT2D eigenvalue weighted by Crippen LogP contribution is -2.20. The minimum absolute atomic E-state index is 0.00234. The molecule has 1 fully saturated rings. The summed E-state index contributed by atoms with van der Waals surface area (Å²) in [6, 6.07) is 33.2. The molecule has 2 heterocycles. The van der Waals surface area contributed by atoms with Gasteiger partial charge in [-0.2, -0.15) is 10.5 Å². The summed E-state index contributed by atoms with van der Waals surface area (Å²) in [6.07, 6.45) is 3.29. The Kier molecular flexibility index (Phi) is 13.0. The molecule has 1 aliphatic carbocycles. The fourth-order valence-electron chi connectivity index (χ4n) is 7.37. The highest BCUT2D eigenvalue weighted by Gasteiger charge is 2.43. The van der Waals surface area contributed by atoms with Crippen LogP contribution in [0.4, 0.5) is 20.4 Å². The second-order valence-corrected chi connectivity index (χ2v) is 19.8. The van der Waals surface area contributed by atoms with Crippen molar-refractivity contribution in [3.8, 4) is 68.9 Å². The van der Waals surface area contributed by atoms with Crippen molar-refractivity contribution in [3.63, 3.8) is 0 Å². The van der Waals surface area contributed by atoms with Crippen LogP contribution in [0.25, 0.3) is 44.3 Å². The number of fused-ring (bicyclic) bond motifs is 2. The molecule has 16 nitrogen and oxygen atoms in total. The van der Waals surface area contributed by atoms with Gasteiger partial charge in [0.15, 0.2) is 34.8 Å². The average molecular weight is 1000 g/mol. The highest BCUT2D eigenvalue weighted by atomic mass is 35.5. The van der Waals surface area contributed by atoms with E-state index < -0.39 is 43.7 Å². The Morgan fingerprint density at radius 3 is 1.63 bits per heavy atom. The van der Waals surface area contributed by atoms with Gasteiger partial charge in [-0.3, -0.25) is 19.4 Å². The van der Waals surface area contributed by atoms with Gasteiger partial charge in [-0.15, -0.1) is 11.6 Å². The largest absolute Gasteiger partial charge is 0.488 e. The van der Waals surface area contributed by atoms with E-state index in [0.717, 1.165) is 40.6 Å². The van der Waals surface area contributed by atoms with Gasteiger partial charge in [-0.1, -0.05) is 36.4 Å². The predicted octanol–water partition coefficient (Wildman–Crippen LogP) is 9.71. The van der Waals surface area contributed by atoms with Crippen LogP contribution in [0.1, 0.15) is 17.5 Å². The zero-order chi connectivity index (χ0) is 49.2. The van der Waals surface area contributed by atoms with Gasteiger partial charge in [0.1, 0.15) is 59.0 Å². The minimum Gasteiger partial charge on any atom is -0.488 e. The first-order valence-corrected chi connectivity index (χ1v) is 25.1. The van der Waals surface area contributed by atoms with Crippen LogP contribution in [0.2, 0.25) is 0 Å². The van der Waals surface area contributed by atoms with Crippen LogP contribution in [0.3, 0.4) is 0 Å². The highest BCUT2D eigenvalue weighted by Crippen LogP contribution is 2.40. The number of halogens is 3. The number of benzene rings is 6. The smallest absolute Gasteiger partial charge is 0.234 e. The summed E-state index contributed by atoms with van der Waals surface area (Å²) in [6.45, 7) is 0.0390. The van der Waals surface area contributed by atoms with Gasteiger partial charge in [0, 0.05) is 30.2 Å². The van der Waals surface area contributed by atoms with E-state index in [9.17, 15) is 31.7 Å². The standard InChI is InChI=1S/C49H35ClF2N8O8S2/c1-69(61,62)59-46-25-55-43-18-30(6-12-41(43)57-46)28-4-10-36(11-5-28)67-38-17-33(24-54)49(40(52)22-38)68-45-20-34(45)27-70(63,64)60-47-26-56-44-19-31(7-13-42(44)58-47)29-2-8-35(9-3-29)66-37-16-32(23-53)48(39(51)21-37)65-15-14-50/h2-13,16-19,21-22,25-26,34,45H,14-15,20,27H2,1H3,(H,57,59)(H,58,60). The van der Waals surface area contributed by atoms with Crippen molar-refractivity contribution >= 4 is 65.4 Å². The molecule has 9 rings (SSSR count). The summed E-state index contributed by atoms with van der Waals surface area (Å²) in [4.78, 5) is 17.5. The predicted molar refractivity (Wildman–Crippen MR) is 257 cm³/mol. The van der Waals surface area contributed by atoms with Crippen LogP contribution < -0.4 is 28.4 Å². The van der Waals surface area contributed by atoms with Gasteiger partial charge in [-0.05, 0) is 77.2 Å². The lowest BCUT2D eigenvalue weighted by atomic mass is 10.0. The van der Waals surface area contributed by atoms with E-state index in [0.29, 0.717) is 40.0 Å². The molecule has 0 spiro atoms. The molecule has 0 amide bonds. The molecule has 1 saturated carbocycles. The number of aromatic nitrogens is 4. The van der Waals surface area contributed by atoms with Crippen molar-refractivity contribution in [3.05, 3.63) is 144 Å². The molecule has 2 atom stereocenters. The Hall–Kier alpha value is -8.17. The number of rotatable bonds is 17. The third kappa shape index (κ3) is 11.1. The summed E-state index contributed by atoms with van der Waals surface area (Å²) >= 11 is 5.63. The summed E-state index contributed by atoms with van der Waals surface area (Å²) in [7, 11) is -7.47. The summed E-state index contributed by atoms with van der Waals surface area (Å²) in [5, 5.41) is 19.4. The molecule has 2 N–H and O–H groups in total. The third-order valence-corrected chi connectivity index (χ3v) is 12.8. The van der Waals surface area contributed by atoms with Gasteiger partial charge in [0.05, 0.1) is 52.3 Å². The number of nitriles is 2. The van der Waals surface area contributed by atoms with Crippen LogP contribution in [0.15, 0.2) is 122 Å². The first-order chi connectivity index (χ1) is 33.6. The van der Waals surface area contributed by atoms with E-state index in [-0.39, 0.29) is 64.0 Å². The maximum Gasteiger partial charge on any atom is 0.234 e. The van der Waals surface area contributed by atoms with Gasteiger partial charge in [-0.25, -0.2) is 35.6 Å². The van der Waals surface area contributed by atoms with E-state index in [2.05, 4.69) is 29.4 Å². The second kappa shape index (κ2) is 19.4. The molecule has 70 heavy (non-hydrogen) atoms. The molecule has 0 radical (unpaired) electrons. The van der Waals surface area contributed by atoms with E-state index in [1.807, 2.05) is 18.2 Å². The van der Waals surface area contributed by atoms with E-state index >= 15 is 4.39 Å². The Labute approximate surface area is 404 Å². The molecule has 21 heteroatoms. The molecular weight excluding hydrogens is 966 g/mol. The highest BCUT2D eigenvalue weighted by molar-refractivity contribution is 7.92. The van der Waals surface area contributed by atoms with Gasteiger partial charge < -0.3 is 18.9 Å². The lowest BCUT2D eigenvalue weighted by molar-refractivity contribution is 0.272. The van der Waals surface area contributed by atoms with Gasteiger partial charge in [0.2, 0.25) is 20.0 Å². The first-order valence-electron chi connectivity index (χ1n) is 21.0.